The summed E-state index contributed by atoms with van der Waals surface area (Å²) in [5.74, 6) is 0. The van der Waals surface area contributed by atoms with Gasteiger partial charge in [-0.1, -0.05) is 18.2 Å². The van der Waals surface area contributed by atoms with Crippen molar-refractivity contribution >= 4 is 21.4 Å². The summed E-state index contributed by atoms with van der Waals surface area (Å²) in [5.41, 5.74) is 4.19. The van der Waals surface area contributed by atoms with Crippen molar-refractivity contribution in [3.8, 4) is 0 Å². The molecule has 3 heterocycles. The van der Waals surface area contributed by atoms with Crippen LogP contribution in [0.1, 0.15) is 16.8 Å². The van der Waals surface area contributed by atoms with E-state index in [1.54, 1.807) is 0 Å². The van der Waals surface area contributed by atoms with Crippen molar-refractivity contribution in [2.75, 3.05) is 20.6 Å². The van der Waals surface area contributed by atoms with E-state index in [4.69, 9.17) is 0 Å². The molecule has 0 atom stereocenters. The smallest absolute Gasteiger partial charge is 0.0570 e. The van der Waals surface area contributed by atoms with Crippen molar-refractivity contribution in [2.45, 2.75) is 26.2 Å². The second kappa shape index (κ2) is 6.07. The van der Waals surface area contributed by atoms with Gasteiger partial charge in [-0.25, -0.2) is 0 Å². The fourth-order valence-electron chi connectivity index (χ4n) is 3.36. The number of thiophene rings is 1. The minimum absolute atomic E-state index is 0.963. The van der Waals surface area contributed by atoms with Gasteiger partial charge in [0.05, 0.1) is 18.4 Å². The molecule has 0 saturated carbocycles. The Labute approximate surface area is 140 Å². The Kier molecular flexibility index (Phi) is 3.93. The van der Waals surface area contributed by atoms with Crippen LogP contribution in [-0.2, 0) is 26.2 Å². The highest BCUT2D eigenvalue weighted by Gasteiger charge is 2.21. The lowest BCUT2D eigenvalue weighted by molar-refractivity contribution is 0.204. The second-order valence-electron chi connectivity index (χ2n) is 6.55. The number of nitrogens with zero attached hydrogens (tertiary/aromatic N) is 4. The zero-order chi connectivity index (χ0) is 15.8. The monoisotopic (exact) mass is 326 g/mol. The number of hydrogen-bond donors (Lipinski definition) is 0. The fourth-order valence-corrected chi connectivity index (χ4v) is 4.31. The summed E-state index contributed by atoms with van der Waals surface area (Å²) in [7, 11) is 4.23. The van der Waals surface area contributed by atoms with Crippen LogP contribution in [0.15, 0.2) is 35.8 Å². The molecule has 3 aromatic rings. The van der Waals surface area contributed by atoms with Crippen molar-refractivity contribution in [3.05, 3.63) is 52.7 Å². The number of aromatic nitrogens is 2. The van der Waals surface area contributed by atoms with E-state index in [9.17, 15) is 0 Å². The molecule has 4 nitrogen and oxygen atoms in total. The van der Waals surface area contributed by atoms with E-state index in [1.165, 1.54) is 26.9 Å². The summed E-state index contributed by atoms with van der Waals surface area (Å²) in [4.78, 5) is 4.76. The standard InChI is InChI=1S/C18H22N4S/c1-20(2)10-14-9-19-22-8-7-21(12-17(14)22)11-15-13-23-18-6-4-3-5-16(15)18/h3-6,9,13H,7-8,10-12H2,1-2H3. The Morgan fingerprint density at radius 3 is 2.91 bits per heavy atom. The first-order valence-electron chi connectivity index (χ1n) is 8.06. The van der Waals surface area contributed by atoms with Gasteiger partial charge in [-0.05, 0) is 36.5 Å². The topological polar surface area (TPSA) is 24.3 Å². The van der Waals surface area contributed by atoms with E-state index in [1.807, 2.05) is 17.5 Å². The predicted octanol–water partition coefficient (Wildman–Crippen LogP) is 3.18. The Morgan fingerprint density at radius 2 is 2.04 bits per heavy atom. The zero-order valence-corrected chi connectivity index (χ0v) is 14.5. The van der Waals surface area contributed by atoms with Crippen LogP contribution in [0.3, 0.4) is 0 Å². The number of benzene rings is 1. The second-order valence-corrected chi connectivity index (χ2v) is 7.46. The van der Waals surface area contributed by atoms with Gasteiger partial charge in [-0.2, -0.15) is 5.10 Å². The summed E-state index contributed by atoms with van der Waals surface area (Å²) in [6.07, 6.45) is 2.04. The summed E-state index contributed by atoms with van der Waals surface area (Å²) in [6, 6.07) is 8.71. The van der Waals surface area contributed by atoms with Gasteiger partial charge in [0.2, 0.25) is 0 Å². The van der Waals surface area contributed by atoms with E-state index < -0.39 is 0 Å². The van der Waals surface area contributed by atoms with Crippen LogP contribution in [-0.4, -0.2) is 40.2 Å². The Balaban J connectivity index is 1.55. The van der Waals surface area contributed by atoms with Gasteiger partial charge in [-0.3, -0.25) is 9.58 Å². The molecular weight excluding hydrogens is 304 g/mol. The molecule has 1 aromatic carbocycles. The Morgan fingerprint density at radius 1 is 1.17 bits per heavy atom. The maximum atomic E-state index is 4.56. The fraction of sp³-hybridized carbons (Fsp3) is 0.389. The van der Waals surface area contributed by atoms with Crippen LogP contribution in [0.5, 0.6) is 0 Å². The molecule has 4 rings (SSSR count). The lowest BCUT2D eigenvalue weighted by Gasteiger charge is -2.28. The highest BCUT2D eigenvalue weighted by Crippen LogP contribution is 2.28. The average Bonchev–Trinajstić information content (AvgIpc) is 3.12. The molecule has 0 radical (unpaired) electrons. The maximum absolute atomic E-state index is 4.56. The van der Waals surface area contributed by atoms with Crippen LogP contribution < -0.4 is 0 Å². The third-order valence-electron chi connectivity index (χ3n) is 4.48. The molecule has 0 bridgehead atoms. The van der Waals surface area contributed by atoms with Crippen LogP contribution in [0.2, 0.25) is 0 Å². The van der Waals surface area contributed by atoms with E-state index in [2.05, 4.69) is 63.3 Å². The summed E-state index contributed by atoms with van der Waals surface area (Å²) < 4.78 is 3.57. The molecule has 0 unspecified atom stereocenters. The summed E-state index contributed by atoms with van der Waals surface area (Å²) >= 11 is 1.85. The van der Waals surface area contributed by atoms with Crippen molar-refractivity contribution in [2.24, 2.45) is 0 Å². The van der Waals surface area contributed by atoms with Crippen molar-refractivity contribution in [1.82, 2.24) is 19.6 Å². The first-order valence-corrected chi connectivity index (χ1v) is 8.94. The first kappa shape index (κ1) is 14.9. The molecule has 0 N–H and O–H groups in total. The van der Waals surface area contributed by atoms with Crippen LogP contribution >= 0.6 is 11.3 Å². The van der Waals surface area contributed by atoms with E-state index >= 15 is 0 Å². The van der Waals surface area contributed by atoms with E-state index in [0.29, 0.717) is 0 Å². The average molecular weight is 326 g/mol. The van der Waals surface area contributed by atoms with E-state index in [-0.39, 0.29) is 0 Å². The van der Waals surface area contributed by atoms with Gasteiger partial charge in [-0.15, -0.1) is 11.3 Å². The van der Waals surface area contributed by atoms with Gasteiger partial charge in [0.1, 0.15) is 0 Å². The molecule has 0 amide bonds. The first-order chi connectivity index (χ1) is 11.2. The normalized spacial score (nSPS) is 15.4. The number of hydrogen-bond acceptors (Lipinski definition) is 4. The predicted molar refractivity (Wildman–Crippen MR) is 95.6 cm³/mol. The van der Waals surface area contributed by atoms with Crippen molar-refractivity contribution in [3.63, 3.8) is 0 Å². The molecule has 0 fully saturated rings. The molecule has 23 heavy (non-hydrogen) atoms. The lowest BCUT2D eigenvalue weighted by Crippen LogP contribution is -2.34. The van der Waals surface area contributed by atoms with Crippen LogP contribution in [0, 0.1) is 0 Å². The number of rotatable bonds is 4. The van der Waals surface area contributed by atoms with Crippen molar-refractivity contribution in [1.29, 1.82) is 0 Å². The van der Waals surface area contributed by atoms with Gasteiger partial charge in [0, 0.05) is 36.4 Å². The molecule has 5 heteroatoms. The molecule has 2 aromatic heterocycles. The molecule has 0 saturated heterocycles. The molecule has 120 valence electrons. The van der Waals surface area contributed by atoms with E-state index in [0.717, 1.165) is 32.7 Å². The highest BCUT2D eigenvalue weighted by molar-refractivity contribution is 7.17. The third-order valence-corrected chi connectivity index (χ3v) is 5.49. The molecule has 0 aliphatic carbocycles. The zero-order valence-electron chi connectivity index (χ0n) is 13.7. The minimum Gasteiger partial charge on any atom is -0.305 e. The van der Waals surface area contributed by atoms with Gasteiger partial charge >= 0.3 is 0 Å². The molecule has 1 aliphatic rings. The molecule has 0 spiro atoms. The molecule has 1 aliphatic heterocycles. The van der Waals surface area contributed by atoms with Crippen LogP contribution in [0.4, 0.5) is 0 Å². The Bertz CT molecular complexity index is 817. The lowest BCUT2D eigenvalue weighted by atomic mass is 10.1. The minimum atomic E-state index is 0.963. The molecular formula is C18H22N4S. The highest BCUT2D eigenvalue weighted by atomic mass is 32.1. The van der Waals surface area contributed by atoms with Gasteiger partial charge in [0.25, 0.3) is 0 Å². The largest absolute Gasteiger partial charge is 0.305 e. The maximum Gasteiger partial charge on any atom is 0.0570 e. The Hall–Kier alpha value is -1.69. The SMILES string of the molecule is CN(C)Cc1cnn2c1CN(Cc1csc3ccccc13)CC2. The van der Waals surface area contributed by atoms with Gasteiger partial charge in [0.15, 0.2) is 0 Å². The number of fused-ring (bicyclic) bond motifs is 2. The quantitative estimate of drug-likeness (QED) is 0.736. The third kappa shape index (κ3) is 2.92. The van der Waals surface area contributed by atoms with Gasteiger partial charge < -0.3 is 4.90 Å². The van der Waals surface area contributed by atoms with Crippen molar-refractivity contribution < 1.29 is 0 Å². The summed E-state index contributed by atoms with van der Waals surface area (Å²) in [6.45, 7) is 5.04. The van der Waals surface area contributed by atoms with Crippen LogP contribution in [0.25, 0.3) is 10.1 Å². The summed E-state index contributed by atoms with van der Waals surface area (Å²) in [5, 5.41) is 8.28.